The van der Waals surface area contributed by atoms with E-state index in [0.717, 1.165) is 11.1 Å². The van der Waals surface area contributed by atoms with Gasteiger partial charge in [0.05, 0.1) is 18.3 Å². The normalized spacial score (nSPS) is 14.9. The smallest absolute Gasteiger partial charge is 0.289 e. The number of anilines is 1. The van der Waals surface area contributed by atoms with Crippen LogP contribution < -0.4 is 5.32 Å². The van der Waals surface area contributed by atoms with Crippen LogP contribution in [-0.4, -0.2) is 29.8 Å². The summed E-state index contributed by atoms with van der Waals surface area (Å²) in [5, 5.41) is 13.8. The van der Waals surface area contributed by atoms with E-state index in [-0.39, 0.29) is 17.7 Å². The molecule has 1 N–H and O–H groups in total. The molecule has 0 radical (unpaired) electrons. The third kappa shape index (κ3) is 5.11. The molecule has 1 saturated heterocycles. The fourth-order valence-electron chi connectivity index (χ4n) is 4.17. The van der Waals surface area contributed by atoms with E-state index < -0.39 is 5.92 Å². The fourth-order valence-corrected chi connectivity index (χ4v) is 4.57. The zero-order chi connectivity index (χ0) is 24.2. The summed E-state index contributed by atoms with van der Waals surface area (Å²) in [7, 11) is 0. The van der Waals surface area contributed by atoms with Crippen molar-refractivity contribution in [2.75, 3.05) is 18.4 Å². The minimum atomic E-state index is -0.552. The lowest BCUT2D eigenvalue weighted by Crippen LogP contribution is -2.41. The predicted octanol–water partition coefficient (Wildman–Crippen LogP) is 6.04. The molecule has 2 aromatic carbocycles. The third-order valence-electron chi connectivity index (χ3n) is 6.13. The summed E-state index contributed by atoms with van der Waals surface area (Å²) in [4.78, 5) is 27.1. The molecule has 1 unspecified atom stereocenters. The number of carbonyl (C=O) groups is 2. The van der Waals surface area contributed by atoms with Gasteiger partial charge in [-0.3, -0.25) is 9.59 Å². The van der Waals surface area contributed by atoms with E-state index in [4.69, 9.17) is 27.6 Å². The van der Waals surface area contributed by atoms with Crippen LogP contribution in [0.25, 0.3) is 0 Å². The van der Waals surface area contributed by atoms with Gasteiger partial charge < -0.3 is 14.6 Å². The second-order valence-corrected chi connectivity index (χ2v) is 9.18. The molecule has 0 aliphatic carbocycles. The molecule has 0 bridgehead atoms. The number of nitrogens with one attached hydrogen (secondary N) is 1. The topological polar surface area (TPSA) is 86.3 Å². The summed E-state index contributed by atoms with van der Waals surface area (Å²) >= 11 is 12.5. The van der Waals surface area contributed by atoms with Crippen molar-refractivity contribution >= 4 is 40.7 Å². The van der Waals surface area contributed by atoms with Gasteiger partial charge in [0.1, 0.15) is 0 Å². The van der Waals surface area contributed by atoms with E-state index in [2.05, 4.69) is 11.4 Å². The number of halogens is 2. The van der Waals surface area contributed by atoms with Gasteiger partial charge in [-0.1, -0.05) is 41.4 Å². The van der Waals surface area contributed by atoms with Gasteiger partial charge in [-0.25, -0.2) is 0 Å². The van der Waals surface area contributed by atoms with Gasteiger partial charge >= 0.3 is 0 Å². The Hall–Kier alpha value is -3.27. The van der Waals surface area contributed by atoms with Gasteiger partial charge in [0.15, 0.2) is 5.76 Å². The first kappa shape index (κ1) is 23.9. The number of amides is 2. The van der Waals surface area contributed by atoms with Gasteiger partial charge in [-0.2, -0.15) is 5.26 Å². The Morgan fingerprint density at radius 3 is 2.47 bits per heavy atom. The number of aryl methyl sites for hydroxylation is 1. The Labute approximate surface area is 208 Å². The molecule has 2 heterocycles. The molecule has 174 valence electrons. The molecule has 1 aliphatic rings. The minimum absolute atomic E-state index is 0.105. The van der Waals surface area contributed by atoms with Gasteiger partial charge in [-0.05, 0) is 66.8 Å². The number of furan rings is 1. The molecule has 6 nitrogen and oxygen atoms in total. The highest BCUT2D eigenvalue weighted by atomic mass is 35.5. The fraction of sp³-hybridized carbons (Fsp3) is 0.269. The molecule has 8 heteroatoms. The van der Waals surface area contributed by atoms with Crippen LogP contribution in [0.4, 0.5) is 5.69 Å². The summed E-state index contributed by atoms with van der Waals surface area (Å²) in [6.07, 6.45) is 2.60. The lowest BCUT2D eigenvalue weighted by atomic mass is 9.91. The Bertz CT molecular complexity index is 1230. The molecule has 1 aromatic heterocycles. The maximum absolute atomic E-state index is 12.9. The van der Waals surface area contributed by atoms with E-state index in [1.165, 1.54) is 6.26 Å². The van der Waals surface area contributed by atoms with E-state index in [1.807, 2.05) is 13.0 Å². The number of rotatable bonds is 5. The molecule has 3 aromatic rings. The Kier molecular flexibility index (Phi) is 7.26. The maximum atomic E-state index is 12.9. The molecule has 1 atom stereocenters. The van der Waals surface area contributed by atoms with Crippen molar-refractivity contribution in [1.29, 1.82) is 5.26 Å². The van der Waals surface area contributed by atoms with Crippen molar-refractivity contribution in [2.24, 2.45) is 5.92 Å². The maximum Gasteiger partial charge on any atom is 0.289 e. The Morgan fingerprint density at radius 2 is 1.85 bits per heavy atom. The van der Waals surface area contributed by atoms with Crippen LogP contribution in [0, 0.1) is 24.2 Å². The van der Waals surface area contributed by atoms with Crippen LogP contribution in [0.1, 0.15) is 46.0 Å². The number of hydrogen-bond acceptors (Lipinski definition) is 4. The summed E-state index contributed by atoms with van der Waals surface area (Å²) in [6.45, 7) is 2.85. The Balaban J connectivity index is 1.43. The molecule has 4 rings (SSSR count). The second kappa shape index (κ2) is 10.3. The molecule has 0 saturated carbocycles. The zero-order valence-corrected chi connectivity index (χ0v) is 20.1. The van der Waals surface area contributed by atoms with Gasteiger partial charge in [0, 0.05) is 34.7 Å². The Morgan fingerprint density at radius 1 is 1.15 bits per heavy atom. The van der Waals surface area contributed by atoms with Crippen molar-refractivity contribution in [1.82, 2.24) is 4.90 Å². The standard InChI is InChI=1S/C26H23Cl2N3O3/c1-16-13-20(21(15-29)17-4-6-19(27)7-5-17)22(28)14-23(16)30-25(32)18-8-10-31(11-9-18)26(33)24-3-2-12-34-24/h2-7,12-14,18,21H,8-11H2,1H3,(H,30,32). The number of piperidine rings is 1. The first-order valence-electron chi connectivity index (χ1n) is 11.0. The van der Waals surface area contributed by atoms with Crippen molar-refractivity contribution in [3.63, 3.8) is 0 Å². The number of hydrogen-bond donors (Lipinski definition) is 1. The molecular formula is C26H23Cl2N3O3. The van der Waals surface area contributed by atoms with Crippen molar-refractivity contribution in [3.05, 3.63) is 87.3 Å². The number of nitrogens with zero attached hydrogens (tertiary/aromatic N) is 2. The number of carbonyl (C=O) groups excluding carboxylic acids is 2. The van der Waals surface area contributed by atoms with Gasteiger partial charge in [0.25, 0.3) is 5.91 Å². The van der Waals surface area contributed by atoms with Crippen LogP contribution in [0.5, 0.6) is 0 Å². The van der Waals surface area contributed by atoms with E-state index in [0.29, 0.717) is 53.0 Å². The highest BCUT2D eigenvalue weighted by Crippen LogP contribution is 2.34. The van der Waals surface area contributed by atoms with Gasteiger partial charge in [-0.15, -0.1) is 0 Å². The quantitative estimate of drug-likeness (QED) is 0.467. The van der Waals surface area contributed by atoms with Gasteiger partial charge in [0.2, 0.25) is 5.91 Å². The molecule has 1 aliphatic heterocycles. The van der Waals surface area contributed by atoms with Crippen LogP contribution in [0.15, 0.2) is 59.2 Å². The van der Waals surface area contributed by atoms with Crippen LogP contribution >= 0.6 is 23.2 Å². The van der Waals surface area contributed by atoms with Crippen molar-refractivity contribution in [3.8, 4) is 6.07 Å². The average Bonchev–Trinajstić information content (AvgIpc) is 3.38. The number of benzene rings is 2. The van der Waals surface area contributed by atoms with Crippen LogP contribution in [0.3, 0.4) is 0 Å². The summed E-state index contributed by atoms with van der Waals surface area (Å²) in [5.74, 6) is -0.715. The van der Waals surface area contributed by atoms with Crippen LogP contribution in [-0.2, 0) is 4.79 Å². The molecule has 0 spiro atoms. The van der Waals surface area contributed by atoms with E-state index in [1.54, 1.807) is 47.4 Å². The lowest BCUT2D eigenvalue weighted by molar-refractivity contribution is -0.121. The highest BCUT2D eigenvalue weighted by Gasteiger charge is 2.29. The molecule has 34 heavy (non-hydrogen) atoms. The number of nitriles is 1. The average molecular weight is 496 g/mol. The highest BCUT2D eigenvalue weighted by molar-refractivity contribution is 6.32. The number of likely N-dealkylation sites (tertiary alicyclic amines) is 1. The van der Waals surface area contributed by atoms with E-state index >= 15 is 0 Å². The first-order chi connectivity index (χ1) is 16.4. The lowest BCUT2D eigenvalue weighted by Gasteiger charge is -2.31. The monoisotopic (exact) mass is 495 g/mol. The first-order valence-corrected chi connectivity index (χ1v) is 11.7. The summed E-state index contributed by atoms with van der Waals surface area (Å²) in [5.41, 5.74) is 2.89. The predicted molar refractivity (Wildman–Crippen MR) is 131 cm³/mol. The summed E-state index contributed by atoms with van der Waals surface area (Å²) in [6, 6.07) is 16.2. The SMILES string of the molecule is Cc1cc(C(C#N)c2ccc(Cl)cc2)c(Cl)cc1NC(=O)C1CCN(C(=O)c2ccco2)CC1. The molecule has 2 amide bonds. The minimum Gasteiger partial charge on any atom is -0.459 e. The molecular weight excluding hydrogens is 473 g/mol. The zero-order valence-electron chi connectivity index (χ0n) is 18.6. The van der Waals surface area contributed by atoms with E-state index in [9.17, 15) is 14.9 Å². The van der Waals surface area contributed by atoms with Crippen LogP contribution in [0.2, 0.25) is 10.0 Å². The molecule has 1 fully saturated rings. The summed E-state index contributed by atoms with van der Waals surface area (Å²) < 4.78 is 5.19. The largest absolute Gasteiger partial charge is 0.459 e. The van der Waals surface area contributed by atoms with Crippen molar-refractivity contribution in [2.45, 2.75) is 25.7 Å². The second-order valence-electron chi connectivity index (χ2n) is 8.34. The third-order valence-corrected chi connectivity index (χ3v) is 6.71. The van der Waals surface area contributed by atoms with Crippen molar-refractivity contribution < 1.29 is 14.0 Å².